The number of nitrogens with one attached hydrogen (secondary N) is 1. The predicted octanol–water partition coefficient (Wildman–Crippen LogP) is 2.67. The molecule has 0 saturated carbocycles. The molecule has 0 aliphatic carbocycles. The Bertz CT molecular complexity index is 517. The van der Waals surface area contributed by atoms with Gasteiger partial charge in [0.1, 0.15) is 11.4 Å². The highest BCUT2D eigenvalue weighted by Gasteiger charge is 2.23. The van der Waals surface area contributed by atoms with Crippen LogP contribution in [-0.2, 0) is 4.74 Å². The topological polar surface area (TPSA) is 67.6 Å². The summed E-state index contributed by atoms with van der Waals surface area (Å²) in [4.78, 5) is 13.7. The van der Waals surface area contributed by atoms with E-state index in [1.54, 1.807) is 39.0 Å². The number of rotatable bonds is 6. The average Bonchev–Trinajstić information content (AvgIpc) is 2.45. The Balaban J connectivity index is 2.66. The van der Waals surface area contributed by atoms with E-state index >= 15 is 0 Å². The summed E-state index contributed by atoms with van der Waals surface area (Å²) < 4.78 is 19.1. The molecule has 3 N–H and O–H groups in total. The molecular formula is C17H28FN3O2. The Kier molecular flexibility index (Phi) is 6.97. The minimum atomic E-state index is -0.547. The Hall–Kier alpha value is -1.66. The van der Waals surface area contributed by atoms with Gasteiger partial charge in [-0.05, 0) is 40.8 Å². The van der Waals surface area contributed by atoms with Crippen LogP contribution in [0.3, 0.4) is 0 Å². The van der Waals surface area contributed by atoms with Crippen LogP contribution in [0.15, 0.2) is 24.3 Å². The van der Waals surface area contributed by atoms with E-state index in [0.29, 0.717) is 18.7 Å². The Morgan fingerprint density at radius 1 is 1.39 bits per heavy atom. The zero-order chi connectivity index (χ0) is 17.6. The number of hydrogen-bond donors (Lipinski definition) is 2. The number of benzene rings is 1. The summed E-state index contributed by atoms with van der Waals surface area (Å²) in [5, 5.41) is 2.72. The highest BCUT2D eigenvalue weighted by atomic mass is 19.1. The molecule has 0 heterocycles. The number of likely N-dealkylation sites (N-methyl/N-ethyl adjacent to an activating group) is 1. The van der Waals surface area contributed by atoms with Crippen molar-refractivity contribution in [3.05, 3.63) is 35.6 Å². The van der Waals surface area contributed by atoms with E-state index < -0.39 is 11.7 Å². The van der Waals surface area contributed by atoms with Gasteiger partial charge in [-0.25, -0.2) is 9.18 Å². The van der Waals surface area contributed by atoms with Gasteiger partial charge in [-0.3, -0.25) is 4.90 Å². The van der Waals surface area contributed by atoms with E-state index in [0.717, 1.165) is 0 Å². The van der Waals surface area contributed by atoms with Crippen LogP contribution in [0.25, 0.3) is 0 Å². The number of nitrogens with two attached hydrogens (primary N) is 1. The molecule has 1 rings (SSSR count). The Labute approximate surface area is 138 Å². The molecule has 2 atom stereocenters. The quantitative estimate of drug-likeness (QED) is 0.844. The van der Waals surface area contributed by atoms with Crippen molar-refractivity contribution in [3.8, 4) is 0 Å². The zero-order valence-electron chi connectivity index (χ0n) is 14.6. The average molecular weight is 325 g/mol. The van der Waals surface area contributed by atoms with Crippen LogP contribution in [0.5, 0.6) is 0 Å². The van der Waals surface area contributed by atoms with Crippen LogP contribution in [-0.4, -0.2) is 42.8 Å². The second kappa shape index (κ2) is 8.26. The molecule has 0 spiro atoms. The predicted molar refractivity (Wildman–Crippen MR) is 89.7 cm³/mol. The van der Waals surface area contributed by atoms with Gasteiger partial charge in [-0.1, -0.05) is 18.2 Å². The van der Waals surface area contributed by atoms with Crippen molar-refractivity contribution in [1.82, 2.24) is 10.2 Å². The number of hydrogen-bond acceptors (Lipinski definition) is 4. The summed E-state index contributed by atoms with van der Waals surface area (Å²) in [6, 6.07) is 6.37. The van der Waals surface area contributed by atoms with Crippen LogP contribution < -0.4 is 11.1 Å². The van der Waals surface area contributed by atoms with Gasteiger partial charge in [-0.15, -0.1) is 0 Å². The number of nitrogens with zero attached hydrogens (tertiary/aromatic N) is 1. The summed E-state index contributed by atoms with van der Waals surface area (Å²) in [6.45, 7) is 8.00. The lowest BCUT2D eigenvalue weighted by molar-refractivity contribution is 0.0506. The molecule has 1 aromatic carbocycles. The first-order valence-corrected chi connectivity index (χ1v) is 7.79. The van der Waals surface area contributed by atoms with Crippen LogP contribution in [0.4, 0.5) is 9.18 Å². The van der Waals surface area contributed by atoms with E-state index in [1.165, 1.54) is 6.07 Å². The third-order valence-electron chi connectivity index (χ3n) is 3.70. The first kappa shape index (κ1) is 19.4. The SMILES string of the molecule is CC(c1ccccc1F)N(C)C(CN)CNC(=O)OC(C)(C)C. The standard InChI is InChI=1S/C17H28FN3O2/c1-12(14-8-6-7-9-15(14)18)21(5)13(10-19)11-20-16(22)23-17(2,3)4/h6-9,12-13H,10-11,19H2,1-5H3,(H,20,22). The molecule has 1 amide bonds. The van der Waals surface area contributed by atoms with Gasteiger partial charge in [0.05, 0.1) is 0 Å². The van der Waals surface area contributed by atoms with Crippen molar-refractivity contribution in [1.29, 1.82) is 0 Å². The monoisotopic (exact) mass is 325 g/mol. The highest BCUT2D eigenvalue weighted by Crippen LogP contribution is 2.23. The summed E-state index contributed by atoms with van der Waals surface area (Å²) in [5.41, 5.74) is 5.87. The van der Waals surface area contributed by atoms with Gasteiger partial charge in [-0.2, -0.15) is 0 Å². The fourth-order valence-electron chi connectivity index (χ4n) is 2.26. The zero-order valence-corrected chi connectivity index (χ0v) is 14.6. The molecule has 0 aliphatic rings. The van der Waals surface area contributed by atoms with Crippen LogP contribution in [0, 0.1) is 5.82 Å². The van der Waals surface area contributed by atoms with E-state index in [9.17, 15) is 9.18 Å². The Morgan fingerprint density at radius 2 is 2.00 bits per heavy atom. The van der Waals surface area contributed by atoms with Crippen LogP contribution >= 0.6 is 0 Å². The van der Waals surface area contributed by atoms with Crippen molar-refractivity contribution < 1.29 is 13.9 Å². The highest BCUT2D eigenvalue weighted by molar-refractivity contribution is 5.67. The summed E-state index contributed by atoms with van der Waals surface area (Å²) in [5.74, 6) is -0.247. The minimum Gasteiger partial charge on any atom is -0.444 e. The van der Waals surface area contributed by atoms with E-state index in [4.69, 9.17) is 10.5 Å². The number of carbonyl (C=O) groups is 1. The number of amides is 1. The van der Waals surface area contributed by atoms with Crippen molar-refractivity contribution in [2.45, 2.75) is 45.4 Å². The third-order valence-corrected chi connectivity index (χ3v) is 3.70. The van der Waals surface area contributed by atoms with Crippen molar-refractivity contribution in [3.63, 3.8) is 0 Å². The molecule has 2 unspecified atom stereocenters. The van der Waals surface area contributed by atoms with Crippen LogP contribution in [0.1, 0.15) is 39.3 Å². The summed E-state index contributed by atoms with van der Waals surface area (Å²) >= 11 is 0. The van der Waals surface area contributed by atoms with Crippen LogP contribution in [0.2, 0.25) is 0 Å². The fraction of sp³-hybridized carbons (Fsp3) is 0.588. The molecule has 5 nitrogen and oxygen atoms in total. The lowest BCUT2D eigenvalue weighted by Gasteiger charge is -2.33. The van der Waals surface area contributed by atoms with Gasteiger partial charge in [0, 0.05) is 30.7 Å². The molecule has 0 aliphatic heterocycles. The molecule has 0 aromatic heterocycles. The van der Waals surface area contributed by atoms with Gasteiger partial charge in [0.15, 0.2) is 0 Å². The number of halogens is 1. The second-order valence-electron chi connectivity index (χ2n) is 6.64. The largest absolute Gasteiger partial charge is 0.444 e. The minimum absolute atomic E-state index is 0.128. The molecule has 0 radical (unpaired) electrons. The lowest BCUT2D eigenvalue weighted by Crippen LogP contribution is -2.48. The van der Waals surface area contributed by atoms with Crippen molar-refractivity contribution in [2.24, 2.45) is 5.73 Å². The molecular weight excluding hydrogens is 297 g/mol. The summed E-state index contributed by atoms with van der Waals surface area (Å²) in [7, 11) is 1.87. The van der Waals surface area contributed by atoms with Gasteiger partial charge >= 0.3 is 6.09 Å². The summed E-state index contributed by atoms with van der Waals surface area (Å²) in [6.07, 6.45) is -0.483. The third kappa shape index (κ3) is 6.15. The molecule has 0 saturated heterocycles. The lowest BCUT2D eigenvalue weighted by atomic mass is 10.0. The first-order chi connectivity index (χ1) is 10.7. The molecule has 0 bridgehead atoms. The maximum Gasteiger partial charge on any atom is 0.407 e. The van der Waals surface area contributed by atoms with E-state index in [-0.39, 0.29) is 17.9 Å². The smallest absolute Gasteiger partial charge is 0.407 e. The molecule has 130 valence electrons. The number of alkyl carbamates (subject to hydrolysis) is 1. The maximum atomic E-state index is 13.9. The Morgan fingerprint density at radius 3 is 2.52 bits per heavy atom. The molecule has 0 fully saturated rings. The molecule has 23 heavy (non-hydrogen) atoms. The van der Waals surface area contributed by atoms with Crippen molar-refractivity contribution in [2.75, 3.05) is 20.1 Å². The van der Waals surface area contributed by atoms with E-state index in [1.807, 2.05) is 18.9 Å². The first-order valence-electron chi connectivity index (χ1n) is 7.79. The molecule has 6 heteroatoms. The number of ether oxygens (including phenoxy) is 1. The fourth-order valence-corrected chi connectivity index (χ4v) is 2.26. The molecule has 1 aromatic rings. The normalized spacial score (nSPS) is 14.4. The number of carbonyl (C=O) groups excluding carboxylic acids is 1. The van der Waals surface area contributed by atoms with Gasteiger partial charge < -0.3 is 15.8 Å². The second-order valence-corrected chi connectivity index (χ2v) is 6.64. The van der Waals surface area contributed by atoms with E-state index in [2.05, 4.69) is 5.32 Å². The van der Waals surface area contributed by atoms with Gasteiger partial charge in [0.25, 0.3) is 0 Å². The maximum absolute atomic E-state index is 13.9. The van der Waals surface area contributed by atoms with Crippen molar-refractivity contribution >= 4 is 6.09 Å². The van der Waals surface area contributed by atoms with Gasteiger partial charge in [0.2, 0.25) is 0 Å².